The molecule has 0 fully saturated rings. The maximum Gasteiger partial charge on any atom is 0.303 e. The first-order valence-electron chi connectivity index (χ1n) is 13.2. The number of rotatable bonds is 11. The molecule has 2 aromatic carbocycles. The molecule has 0 amide bonds. The average Bonchev–Trinajstić information content (AvgIpc) is 3.30. The fourth-order valence-electron chi connectivity index (χ4n) is 4.84. The highest BCUT2D eigenvalue weighted by atomic mass is 32.3. The number of carboxylic acids is 1. The molecule has 9 nitrogen and oxygen atoms in total. The van der Waals surface area contributed by atoms with Crippen LogP contribution in [0.25, 0.3) is 0 Å². The quantitative estimate of drug-likeness (QED) is 0.274. The van der Waals surface area contributed by atoms with Gasteiger partial charge >= 0.3 is 5.97 Å². The van der Waals surface area contributed by atoms with Gasteiger partial charge in [0.1, 0.15) is 16.7 Å². The van der Waals surface area contributed by atoms with E-state index in [0.717, 1.165) is 41.8 Å². The summed E-state index contributed by atoms with van der Waals surface area (Å²) in [6.07, 6.45) is 4.69. The molecule has 0 radical (unpaired) electrons. The maximum atomic E-state index is 11.7. The van der Waals surface area contributed by atoms with Crippen LogP contribution >= 0.6 is 10.8 Å². The van der Waals surface area contributed by atoms with Gasteiger partial charge in [-0.2, -0.15) is 4.31 Å². The first-order valence-corrected chi connectivity index (χ1v) is 14.7. The zero-order valence-corrected chi connectivity index (χ0v) is 23.1. The lowest BCUT2D eigenvalue weighted by Gasteiger charge is -2.42. The molecular weight excluding hydrogens is 504 g/mol. The summed E-state index contributed by atoms with van der Waals surface area (Å²) >= 11 is 0. The van der Waals surface area contributed by atoms with Crippen molar-refractivity contribution in [3.8, 4) is 5.75 Å². The third kappa shape index (κ3) is 6.55. The second kappa shape index (κ2) is 12.3. The van der Waals surface area contributed by atoms with Crippen molar-refractivity contribution >= 4 is 16.7 Å². The van der Waals surface area contributed by atoms with Crippen molar-refractivity contribution in [2.45, 2.75) is 82.9 Å². The Morgan fingerprint density at radius 2 is 2.00 bits per heavy atom. The molecule has 0 saturated carbocycles. The summed E-state index contributed by atoms with van der Waals surface area (Å²) in [6, 6.07) is 13.1. The molecule has 0 saturated heterocycles. The highest BCUT2D eigenvalue weighted by molar-refractivity contribution is 8.22. The van der Waals surface area contributed by atoms with Gasteiger partial charge in [-0.3, -0.25) is 18.6 Å². The fraction of sp³-hybridized carbons (Fsp3) is 0.464. The number of hydrogen-bond donors (Lipinski definition) is 3. The first-order chi connectivity index (χ1) is 18.2. The SMILES string of the molecule is CCCn1cc(CCC(CC(=O)O)c2ccc(C)c(CN3C[C@@H](CC)Oc4ccccc4S3(O)O)c2)nn1. The smallest absolute Gasteiger partial charge is 0.303 e. The van der Waals surface area contributed by atoms with E-state index < -0.39 is 16.7 Å². The van der Waals surface area contributed by atoms with Gasteiger partial charge < -0.3 is 9.84 Å². The Morgan fingerprint density at radius 1 is 1.21 bits per heavy atom. The molecule has 3 aromatic rings. The molecule has 1 aromatic heterocycles. The van der Waals surface area contributed by atoms with Crippen molar-refractivity contribution in [1.82, 2.24) is 19.3 Å². The Morgan fingerprint density at radius 3 is 2.74 bits per heavy atom. The van der Waals surface area contributed by atoms with Crippen LogP contribution in [0, 0.1) is 6.92 Å². The summed E-state index contributed by atoms with van der Waals surface area (Å²) < 4.78 is 32.4. The van der Waals surface area contributed by atoms with Gasteiger partial charge in [0.2, 0.25) is 0 Å². The van der Waals surface area contributed by atoms with Crippen molar-refractivity contribution in [3.63, 3.8) is 0 Å². The molecule has 1 aliphatic heterocycles. The Hall–Kier alpha value is -2.92. The van der Waals surface area contributed by atoms with Gasteiger partial charge in [0, 0.05) is 19.3 Å². The Bertz CT molecular complexity index is 1250. The van der Waals surface area contributed by atoms with E-state index in [0.29, 0.717) is 36.6 Å². The van der Waals surface area contributed by atoms with Crippen molar-refractivity contribution in [1.29, 1.82) is 0 Å². The number of benzene rings is 2. The monoisotopic (exact) mass is 542 g/mol. The number of aromatic nitrogens is 3. The van der Waals surface area contributed by atoms with E-state index in [-0.39, 0.29) is 18.4 Å². The number of aliphatic carboxylic acids is 1. The van der Waals surface area contributed by atoms with Crippen LogP contribution in [-0.4, -0.2) is 52.1 Å². The van der Waals surface area contributed by atoms with E-state index in [9.17, 15) is 19.0 Å². The van der Waals surface area contributed by atoms with Crippen LogP contribution in [0.4, 0.5) is 0 Å². The molecule has 1 unspecified atom stereocenters. The van der Waals surface area contributed by atoms with Crippen LogP contribution in [0.5, 0.6) is 5.75 Å². The minimum absolute atomic E-state index is 0.00360. The van der Waals surface area contributed by atoms with E-state index in [1.807, 2.05) is 49.0 Å². The summed E-state index contributed by atoms with van der Waals surface area (Å²) in [6.45, 7) is 7.56. The molecule has 10 heteroatoms. The molecule has 0 bridgehead atoms. The Balaban J connectivity index is 1.58. The third-order valence-electron chi connectivity index (χ3n) is 7.06. The predicted molar refractivity (Wildman–Crippen MR) is 147 cm³/mol. The number of hydrogen-bond acceptors (Lipinski definition) is 7. The van der Waals surface area contributed by atoms with E-state index in [1.165, 1.54) is 0 Å². The normalized spacial score (nSPS) is 18.7. The molecule has 1 aliphatic rings. The lowest BCUT2D eigenvalue weighted by atomic mass is 9.88. The lowest BCUT2D eigenvalue weighted by Crippen LogP contribution is -2.34. The zero-order chi connectivity index (χ0) is 27.3. The van der Waals surface area contributed by atoms with Gasteiger partial charge in [0.15, 0.2) is 0 Å². The fourth-order valence-corrected chi connectivity index (χ4v) is 6.46. The van der Waals surface area contributed by atoms with E-state index >= 15 is 0 Å². The van der Waals surface area contributed by atoms with Gasteiger partial charge in [-0.15, -0.1) is 15.9 Å². The second-order valence-electron chi connectivity index (χ2n) is 9.93. The van der Waals surface area contributed by atoms with Crippen molar-refractivity contribution in [2.75, 3.05) is 6.54 Å². The van der Waals surface area contributed by atoms with E-state index in [2.05, 4.69) is 17.2 Å². The molecule has 4 rings (SSSR count). The minimum atomic E-state index is -3.28. The van der Waals surface area contributed by atoms with Crippen molar-refractivity contribution < 1.29 is 23.7 Å². The highest BCUT2D eigenvalue weighted by Gasteiger charge is 2.34. The summed E-state index contributed by atoms with van der Waals surface area (Å²) in [5.41, 5.74) is 3.71. The van der Waals surface area contributed by atoms with Crippen LogP contribution < -0.4 is 4.74 Å². The number of ether oxygens (including phenoxy) is 1. The summed E-state index contributed by atoms with van der Waals surface area (Å²) in [5.74, 6) is -0.558. The molecule has 38 heavy (non-hydrogen) atoms. The zero-order valence-electron chi connectivity index (χ0n) is 22.3. The number of fused-ring (bicyclic) bond motifs is 1. The largest absolute Gasteiger partial charge is 0.487 e. The highest BCUT2D eigenvalue weighted by Crippen LogP contribution is 2.57. The molecular formula is C28H38N4O5S. The standard InChI is InChI=1S/C28H38N4O5S/c1-4-14-31-18-24(29-30-31)13-12-22(16-28(33)34)21-11-10-20(3)23(15-21)17-32-19-25(5-2)37-26-8-6-7-9-27(26)38(32,35)36/h6-11,15,18,22,25,35-36H,4-5,12-14,16-17,19H2,1-3H3,(H,33,34)/t22?,25-/m1/s1. The number of para-hydroxylation sites is 1. The lowest BCUT2D eigenvalue weighted by molar-refractivity contribution is -0.137. The number of aryl methyl sites for hydroxylation is 3. The number of carbonyl (C=O) groups is 1. The van der Waals surface area contributed by atoms with Crippen LogP contribution in [0.1, 0.15) is 67.8 Å². The van der Waals surface area contributed by atoms with Gasteiger partial charge in [-0.05, 0) is 67.3 Å². The maximum absolute atomic E-state index is 11.7. The molecule has 206 valence electrons. The van der Waals surface area contributed by atoms with E-state index in [4.69, 9.17) is 4.74 Å². The molecule has 0 aliphatic carbocycles. The van der Waals surface area contributed by atoms with Crippen LogP contribution in [0.3, 0.4) is 0 Å². The Labute approximate surface area is 225 Å². The van der Waals surface area contributed by atoms with Crippen LogP contribution in [0.15, 0.2) is 53.6 Å². The number of nitrogens with zero attached hydrogens (tertiary/aromatic N) is 4. The topological polar surface area (TPSA) is 121 Å². The first kappa shape index (κ1) is 28.1. The molecule has 2 atom stereocenters. The predicted octanol–water partition coefficient (Wildman–Crippen LogP) is 5.89. The summed E-state index contributed by atoms with van der Waals surface area (Å²) in [7, 11) is -3.28. The summed E-state index contributed by atoms with van der Waals surface area (Å²) in [4.78, 5) is 12.1. The van der Waals surface area contributed by atoms with Gasteiger partial charge in [-0.25, -0.2) is 0 Å². The van der Waals surface area contributed by atoms with Crippen LogP contribution in [0.2, 0.25) is 0 Å². The second-order valence-corrected chi connectivity index (χ2v) is 11.9. The van der Waals surface area contributed by atoms with Crippen LogP contribution in [-0.2, 0) is 24.3 Å². The Kier molecular flexibility index (Phi) is 9.09. The molecule has 2 heterocycles. The number of carboxylic acid groups (broad SMARTS) is 1. The van der Waals surface area contributed by atoms with Gasteiger partial charge in [-0.1, -0.05) is 49.4 Å². The molecule has 0 spiro atoms. The van der Waals surface area contributed by atoms with Crippen molar-refractivity contribution in [2.24, 2.45) is 0 Å². The van der Waals surface area contributed by atoms with Gasteiger partial charge in [0.25, 0.3) is 0 Å². The van der Waals surface area contributed by atoms with Gasteiger partial charge in [0.05, 0.1) is 18.7 Å². The average molecular weight is 543 g/mol. The molecule has 3 N–H and O–H groups in total. The third-order valence-corrected chi connectivity index (χ3v) is 8.99. The van der Waals surface area contributed by atoms with Crippen molar-refractivity contribution in [3.05, 3.63) is 71.0 Å². The van der Waals surface area contributed by atoms with E-state index in [1.54, 1.807) is 22.5 Å². The summed E-state index contributed by atoms with van der Waals surface area (Å²) in [5, 5.41) is 18.0. The minimum Gasteiger partial charge on any atom is -0.487 e.